The molecule has 0 radical (unpaired) electrons. The van der Waals surface area contributed by atoms with Gasteiger partial charge in [-0.1, -0.05) is 30.1 Å². The van der Waals surface area contributed by atoms with Gasteiger partial charge < -0.3 is 15.4 Å². The van der Waals surface area contributed by atoms with Crippen LogP contribution in [0, 0.1) is 0 Å². The lowest BCUT2D eigenvalue weighted by Crippen LogP contribution is -2.20. The van der Waals surface area contributed by atoms with E-state index in [0.29, 0.717) is 34.8 Å². The number of ether oxygens (including phenoxy) is 1. The highest BCUT2D eigenvalue weighted by Gasteiger charge is 2.10. The minimum atomic E-state index is 0.102. The first-order chi connectivity index (χ1) is 9.08. The van der Waals surface area contributed by atoms with Crippen LogP contribution >= 0.6 is 23.2 Å². The number of aromatic nitrogens is 1. The van der Waals surface area contributed by atoms with Crippen LogP contribution in [0.15, 0.2) is 6.07 Å². The van der Waals surface area contributed by atoms with Crippen LogP contribution in [-0.4, -0.2) is 30.8 Å². The molecule has 0 aliphatic heterocycles. The first-order valence-electron chi connectivity index (χ1n) is 6.53. The van der Waals surface area contributed by atoms with Crippen LogP contribution in [-0.2, 0) is 4.74 Å². The van der Waals surface area contributed by atoms with Crippen molar-refractivity contribution in [1.82, 2.24) is 4.98 Å². The van der Waals surface area contributed by atoms with Gasteiger partial charge in [0, 0.05) is 19.7 Å². The Kier molecular flexibility index (Phi) is 7.28. The summed E-state index contributed by atoms with van der Waals surface area (Å²) >= 11 is 12.2. The van der Waals surface area contributed by atoms with Crippen LogP contribution in [0.4, 0.5) is 11.6 Å². The molecular formula is C13H21Cl2N3O. The molecule has 0 aromatic carbocycles. The molecule has 19 heavy (non-hydrogen) atoms. The van der Waals surface area contributed by atoms with Crippen LogP contribution in [0.2, 0.25) is 10.0 Å². The van der Waals surface area contributed by atoms with Crippen LogP contribution in [0.1, 0.15) is 27.2 Å². The maximum atomic E-state index is 6.12. The molecule has 0 aliphatic rings. The molecule has 4 nitrogen and oxygen atoms in total. The van der Waals surface area contributed by atoms with Gasteiger partial charge in [-0.15, -0.1) is 0 Å². The Hall–Kier alpha value is -0.710. The smallest absolute Gasteiger partial charge is 0.147 e. The average Bonchev–Trinajstić information content (AvgIpc) is 2.37. The number of nitrogens with one attached hydrogen (secondary N) is 2. The van der Waals surface area contributed by atoms with Gasteiger partial charge in [-0.2, -0.15) is 0 Å². The average molecular weight is 306 g/mol. The maximum absolute atomic E-state index is 6.12. The predicted octanol–water partition coefficient (Wildman–Crippen LogP) is 4.05. The van der Waals surface area contributed by atoms with Gasteiger partial charge in [0.25, 0.3) is 0 Å². The normalized spacial score (nSPS) is 12.3. The molecule has 6 heteroatoms. The Morgan fingerprint density at radius 3 is 2.42 bits per heavy atom. The van der Waals surface area contributed by atoms with Crippen LogP contribution < -0.4 is 10.6 Å². The summed E-state index contributed by atoms with van der Waals surface area (Å²) in [6.45, 7) is 8.21. The quantitative estimate of drug-likeness (QED) is 0.760. The zero-order chi connectivity index (χ0) is 14.3. The molecule has 1 rings (SSSR count). The standard InChI is InChI=1S/C13H21Cl2N3O/c1-4-6-16-12-10(14)7-11(15)13(18-12)17-8-9(3)19-5-2/h7,9H,4-6,8H2,1-3H3,(H2,16,17,18). The van der Waals surface area contributed by atoms with E-state index in [1.807, 2.05) is 13.8 Å². The summed E-state index contributed by atoms with van der Waals surface area (Å²) < 4.78 is 5.45. The molecule has 0 amide bonds. The maximum Gasteiger partial charge on any atom is 0.147 e. The SMILES string of the molecule is CCCNc1nc(NCC(C)OCC)c(Cl)cc1Cl. The largest absolute Gasteiger partial charge is 0.377 e. The molecule has 0 spiro atoms. The van der Waals surface area contributed by atoms with Crippen LogP contribution in [0.3, 0.4) is 0 Å². The zero-order valence-corrected chi connectivity index (χ0v) is 13.1. The number of nitrogens with zero attached hydrogens (tertiary/aromatic N) is 1. The Morgan fingerprint density at radius 2 is 1.84 bits per heavy atom. The van der Waals surface area contributed by atoms with Crippen molar-refractivity contribution in [2.45, 2.75) is 33.3 Å². The highest BCUT2D eigenvalue weighted by Crippen LogP contribution is 2.29. The van der Waals surface area contributed by atoms with Gasteiger partial charge in [-0.25, -0.2) is 4.98 Å². The van der Waals surface area contributed by atoms with E-state index in [2.05, 4.69) is 22.5 Å². The van der Waals surface area contributed by atoms with E-state index in [9.17, 15) is 0 Å². The molecule has 1 unspecified atom stereocenters. The summed E-state index contributed by atoms with van der Waals surface area (Å²) in [6, 6.07) is 1.70. The van der Waals surface area contributed by atoms with E-state index in [1.54, 1.807) is 6.07 Å². The van der Waals surface area contributed by atoms with Gasteiger partial charge in [-0.3, -0.25) is 0 Å². The summed E-state index contributed by atoms with van der Waals surface area (Å²) in [5.41, 5.74) is 0. The minimum absolute atomic E-state index is 0.102. The molecule has 1 atom stereocenters. The lowest BCUT2D eigenvalue weighted by Gasteiger charge is -2.15. The van der Waals surface area contributed by atoms with Gasteiger partial charge >= 0.3 is 0 Å². The number of rotatable bonds is 8. The number of halogens is 2. The lowest BCUT2D eigenvalue weighted by atomic mass is 10.3. The third-order valence-electron chi connectivity index (χ3n) is 2.48. The van der Waals surface area contributed by atoms with Crippen molar-refractivity contribution in [3.8, 4) is 0 Å². The zero-order valence-electron chi connectivity index (χ0n) is 11.6. The number of hydrogen-bond acceptors (Lipinski definition) is 4. The third-order valence-corrected chi connectivity index (χ3v) is 3.06. The van der Waals surface area contributed by atoms with Crippen molar-refractivity contribution < 1.29 is 4.74 Å². The van der Waals surface area contributed by atoms with Crippen molar-refractivity contribution in [3.63, 3.8) is 0 Å². The Balaban J connectivity index is 2.71. The molecule has 1 heterocycles. The minimum Gasteiger partial charge on any atom is -0.377 e. The van der Waals surface area contributed by atoms with E-state index in [0.717, 1.165) is 13.0 Å². The molecular weight excluding hydrogens is 285 g/mol. The number of pyridine rings is 1. The monoisotopic (exact) mass is 305 g/mol. The highest BCUT2D eigenvalue weighted by atomic mass is 35.5. The van der Waals surface area contributed by atoms with E-state index in [-0.39, 0.29) is 6.10 Å². The Bertz CT molecular complexity index is 402. The van der Waals surface area contributed by atoms with Gasteiger partial charge in [0.15, 0.2) is 0 Å². The highest BCUT2D eigenvalue weighted by molar-refractivity contribution is 6.37. The van der Waals surface area contributed by atoms with E-state index >= 15 is 0 Å². The first-order valence-corrected chi connectivity index (χ1v) is 7.29. The van der Waals surface area contributed by atoms with Crippen LogP contribution in [0.25, 0.3) is 0 Å². The lowest BCUT2D eigenvalue weighted by molar-refractivity contribution is 0.0855. The summed E-state index contributed by atoms with van der Waals surface area (Å²) in [7, 11) is 0. The van der Waals surface area contributed by atoms with Crippen molar-refractivity contribution in [2.75, 3.05) is 30.3 Å². The predicted molar refractivity (Wildman–Crippen MR) is 82.6 cm³/mol. The summed E-state index contributed by atoms with van der Waals surface area (Å²) in [4.78, 5) is 4.40. The molecule has 0 aliphatic carbocycles. The fraction of sp³-hybridized carbons (Fsp3) is 0.615. The molecule has 1 aromatic heterocycles. The second kappa shape index (κ2) is 8.46. The topological polar surface area (TPSA) is 46.2 Å². The van der Waals surface area contributed by atoms with Crippen molar-refractivity contribution in [1.29, 1.82) is 0 Å². The van der Waals surface area contributed by atoms with Gasteiger partial charge in [-0.05, 0) is 26.3 Å². The molecule has 0 saturated carbocycles. The molecule has 1 aromatic rings. The summed E-state index contributed by atoms with van der Waals surface area (Å²) in [6.07, 6.45) is 1.11. The Labute approximate surface area is 124 Å². The number of anilines is 2. The Morgan fingerprint density at radius 1 is 1.21 bits per heavy atom. The van der Waals surface area contributed by atoms with Crippen molar-refractivity contribution in [2.24, 2.45) is 0 Å². The van der Waals surface area contributed by atoms with Crippen LogP contribution in [0.5, 0.6) is 0 Å². The summed E-state index contributed by atoms with van der Waals surface area (Å²) in [5, 5.41) is 7.38. The second-order valence-electron chi connectivity index (χ2n) is 4.22. The summed E-state index contributed by atoms with van der Waals surface area (Å²) in [5.74, 6) is 1.27. The molecule has 0 fully saturated rings. The van der Waals surface area contributed by atoms with E-state index in [1.165, 1.54) is 0 Å². The van der Waals surface area contributed by atoms with Gasteiger partial charge in [0.05, 0.1) is 16.1 Å². The second-order valence-corrected chi connectivity index (χ2v) is 5.04. The molecule has 0 saturated heterocycles. The molecule has 108 valence electrons. The van der Waals surface area contributed by atoms with E-state index in [4.69, 9.17) is 27.9 Å². The molecule has 2 N–H and O–H groups in total. The number of hydrogen-bond donors (Lipinski definition) is 2. The third kappa shape index (κ3) is 5.43. The fourth-order valence-corrected chi connectivity index (χ4v) is 2.03. The van der Waals surface area contributed by atoms with Gasteiger partial charge in [0.2, 0.25) is 0 Å². The first kappa shape index (κ1) is 16.3. The van der Waals surface area contributed by atoms with E-state index < -0.39 is 0 Å². The molecule has 0 bridgehead atoms. The van der Waals surface area contributed by atoms with Gasteiger partial charge in [0.1, 0.15) is 11.6 Å². The van der Waals surface area contributed by atoms with Crippen molar-refractivity contribution >= 4 is 34.8 Å². The fourth-order valence-electron chi connectivity index (χ4n) is 1.54. The van der Waals surface area contributed by atoms with Crippen molar-refractivity contribution in [3.05, 3.63) is 16.1 Å².